The van der Waals surface area contributed by atoms with Gasteiger partial charge in [-0.2, -0.15) is 0 Å². The van der Waals surface area contributed by atoms with Gasteiger partial charge in [-0.1, -0.05) is 13.8 Å². The molecule has 1 amide bonds. The van der Waals surface area contributed by atoms with Gasteiger partial charge >= 0.3 is 5.97 Å². The predicted octanol–water partition coefficient (Wildman–Crippen LogP) is 3.11. The molecule has 1 heterocycles. The van der Waals surface area contributed by atoms with E-state index in [1.54, 1.807) is 6.07 Å². The highest BCUT2D eigenvalue weighted by molar-refractivity contribution is 5.98. The van der Waals surface area contributed by atoms with Gasteiger partial charge in [-0.25, -0.2) is 4.79 Å². The van der Waals surface area contributed by atoms with E-state index in [0.29, 0.717) is 18.7 Å². The standard InChI is InChI=1S/C19H28N2O3/c1-3-8-21(9-4-2)18(22)16-10-15(11-17(12-16)19(23)24)14-6-5-7-20-13-14/h10-12,14,20H,3-9,13H2,1-2H3,(H,23,24)/t14-/m1/s1. The molecule has 5 nitrogen and oxygen atoms in total. The third-order valence-corrected chi connectivity index (χ3v) is 4.49. The second-order valence-electron chi connectivity index (χ2n) is 6.48. The number of carboxylic acids is 1. The zero-order chi connectivity index (χ0) is 17.5. The molecule has 2 N–H and O–H groups in total. The maximum Gasteiger partial charge on any atom is 0.335 e. The minimum absolute atomic E-state index is 0.0631. The third kappa shape index (κ3) is 4.57. The molecular formula is C19H28N2O3. The number of amides is 1. The van der Waals surface area contributed by atoms with Crippen LogP contribution in [-0.2, 0) is 0 Å². The summed E-state index contributed by atoms with van der Waals surface area (Å²) in [5.74, 6) is -0.769. The number of rotatable bonds is 7. The lowest BCUT2D eigenvalue weighted by Crippen LogP contribution is -2.33. The Hall–Kier alpha value is -1.88. The van der Waals surface area contributed by atoms with Crippen LogP contribution >= 0.6 is 0 Å². The van der Waals surface area contributed by atoms with E-state index in [4.69, 9.17) is 0 Å². The van der Waals surface area contributed by atoms with E-state index in [-0.39, 0.29) is 17.4 Å². The molecule has 0 radical (unpaired) electrons. The number of nitrogens with zero attached hydrogens (tertiary/aromatic N) is 1. The van der Waals surface area contributed by atoms with Gasteiger partial charge in [0.15, 0.2) is 0 Å². The summed E-state index contributed by atoms with van der Waals surface area (Å²) < 4.78 is 0. The third-order valence-electron chi connectivity index (χ3n) is 4.49. The van der Waals surface area contributed by atoms with Crippen molar-refractivity contribution in [2.24, 2.45) is 0 Å². The van der Waals surface area contributed by atoms with Crippen molar-refractivity contribution in [2.45, 2.75) is 45.4 Å². The fourth-order valence-corrected chi connectivity index (χ4v) is 3.31. The number of nitrogens with one attached hydrogen (secondary N) is 1. The average molecular weight is 332 g/mol. The monoisotopic (exact) mass is 332 g/mol. The first-order valence-corrected chi connectivity index (χ1v) is 8.95. The Balaban J connectivity index is 2.34. The Morgan fingerprint density at radius 3 is 2.38 bits per heavy atom. The molecule has 1 fully saturated rings. The van der Waals surface area contributed by atoms with Crippen LogP contribution in [0.25, 0.3) is 0 Å². The number of hydrogen-bond acceptors (Lipinski definition) is 3. The molecule has 0 spiro atoms. The number of carbonyl (C=O) groups excluding carboxylic acids is 1. The number of carbonyl (C=O) groups is 2. The Morgan fingerprint density at radius 1 is 1.17 bits per heavy atom. The van der Waals surface area contributed by atoms with E-state index in [1.807, 2.05) is 24.8 Å². The highest BCUT2D eigenvalue weighted by Gasteiger charge is 2.21. The van der Waals surface area contributed by atoms with Crippen LogP contribution in [0.4, 0.5) is 0 Å². The molecule has 1 aliphatic rings. The van der Waals surface area contributed by atoms with Gasteiger partial charge in [-0.15, -0.1) is 0 Å². The lowest BCUT2D eigenvalue weighted by molar-refractivity contribution is 0.0696. The predicted molar refractivity (Wildman–Crippen MR) is 94.7 cm³/mol. The molecule has 2 rings (SSSR count). The van der Waals surface area contributed by atoms with Crippen molar-refractivity contribution in [3.63, 3.8) is 0 Å². The molecular weight excluding hydrogens is 304 g/mol. The SMILES string of the molecule is CCCN(CCC)C(=O)c1cc(C(=O)O)cc([C@@H]2CCCNC2)c1. The summed E-state index contributed by atoms with van der Waals surface area (Å²) in [6, 6.07) is 5.13. The molecule has 0 saturated carbocycles. The van der Waals surface area contributed by atoms with Crippen molar-refractivity contribution >= 4 is 11.9 Å². The molecule has 24 heavy (non-hydrogen) atoms. The van der Waals surface area contributed by atoms with Crippen LogP contribution in [0.5, 0.6) is 0 Å². The van der Waals surface area contributed by atoms with Gasteiger partial charge in [0.1, 0.15) is 0 Å². The lowest BCUT2D eigenvalue weighted by Gasteiger charge is -2.25. The van der Waals surface area contributed by atoms with Gasteiger partial charge in [0.05, 0.1) is 5.56 Å². The van der Waals surface area contributed by atoms with E-state index in [9.17, 15) is 14.7 Å². The fraction of sp³-hybridized carbons (Fsp3) is 0.579. The summed E-state index contributed by atoms with van der Waals surface area (Å²) in [4.78, 5) is 26.2. The Kier molecular flexibility index (Phi) is 6.79. The highest BCUT2D eigenvalue weighted by atomic mass is 16.4. The van der Waals surface area contributed by atoms with Crippen LogP contribution in [0, 0.1) is 0 Å². The van der Waals surface area contributed by atoms with Crippen molar-refractivity contribution in [2.75, 3.05) is 26.2 Å². The van der Waals surface area contributed by atoms with Crippen LogP contribution in [0.1, 0.15) is 71.7 Å². The van der Waals surface area contributed by atoms with Crippen molar-refractivity contribution in [1.82, 2.24) is 10.2 Å². The summed E-state index contributed by atoms with van der Waals surface area (Å²) in [5, 5.41) is 12.8. The number of benzene rings is 1. The smallest absolute Gasteiger partial charge is 0.335 e. The topological polar surface area (TPSA) is 69.6 Å². The zero-order valence-corrected chi connectivity index (χ0v) is 14.7. The first kappa shape index (κ1) is 18.5. The van der Waals surface area contributed by atoms with E-state index in [1.165, 1.54) is 6.07 Å². The van der Waals surface area contributed by atoms with E-state index < -0.39 is 5.97 Å². The molecule has 1 aromatic rings. The van der Waals surface area contributed by atoms with Crippen molar-refractivity contribution in [3.05, 3.63) is 34.9 Å². The minimum atomic E-state index is -0.979. The first-order valence-electron chi connectivity index (χ1n) is 8.95. The largest absolute Gasteiger partial charge is 0.478 e. The number of hydrogen-bond donors (Lipinski definition) is 2. The molecule has 1 saturated heterocycles. The molecule has 1 aromatic carbocycles. The Labute approximate surface area is 144 Å². The van der Waals surface area contributed by atoms with E-state index in [0.717, 1.165) is 44.3 Å². The molecule has 0 unspecified atom stereocenters. The normalized spacial score (nSPS) is 17.5. The summed E-state index contributed by atoms with van der Waals surface area (Å²) >= 11 is 0. The molecule has 1 atom stereocenters. The van der Waals surface area contributed by atoms with Crippen LogP contribution in [0.2, 0.25) is 0 Å². The Bertz CT molecular complexity index is 574. The van der Waals surface area contributed by atoms with Crippen molar-refractivity contribution in [1.29, 1.82) is 0 Å². The molecule has 5 heteroatoms. The van der Waals surface area contributed by atoms with Crippen molar-refractivity contribution < 1.29 is 14.7 Å². The molecule has 0 bridgehead atoms. The van der Waals surface area contributed by atoms with E-state index in [2.05, 4.69) is 5.32 Å². The summed E-state index contributed by atoms with van der Waals surface area (Å²) in [6.07, 6.45) is 3.88. The minimum Gasteiger partial charge on any atom is -0.478 e. The highest BCUT2D eigenvalue weighted by Crippen LogP contribution is 2.26. The average Bonchev–Trinajstić information content (AvgIpc) is 2.61. The quantitative estimate of drug-likeness (QED) is 0.805. The maximum atomic E-state index is 12.9. The van der Waals surface area contributed by atoms with E-state index >= 15 is 0 Å². The summed E-state index contributed by atoms with van der Waals surface area (Å²) in [7, 11) is 0. The van der Waals surface area contributed by atoms with Crippen LogP contribution < -0.4 is 5.32 Å². The molecule has 132 valence electrons. The zero-order valence-electron chi connectivity index (χ0n) is 14.7. The maximum absolute atomic E-state index is 12.9. The molecule has 0 aliphatic carbocycles. The van der Waals surface area contributed by atoms with Gasteiger partial charge in [0.2, 0.25) is 0 Å². The summed E-state index contributed by atoms with van der Waals surface area (Å²) in [5.41, 5.74) is 1.66. The molecule has 1 aliphatic heterocycles. The number of carboxylic acid groups (broad SMARTS) is 1. The fourth-order valence-electron chi connectivity index (χ4n) is 3.31. The van der Waals surface area contributed by atoms with Gasteiger partial charge in [0.25, 0.3) is 5.91 Å². The second kappa shape index (κ2) is 8.83. The first-order chi connectivity index (χ1) is 11.6. The number of piperidine rings is 1. The summed E-state index contributed by atoms with van der Waals surface area (Å²) in [6.45, 7) is 7.33. The lowest BCUT2D eigenvalue weighted by atomic mass is 9.89. The van der Waals surface area contributed by atoms with Gasteiger partial charge in [-0.05, 0) is 61.9 Å². The van der Waals surface area contributed by atoms with Crippen molar-refractivity contribution in [3.8, 4) is 0 Å². The van der Waals surface area contributed by atoms with Crippen LogP contribution in [0.15, 0.2) is 18.2 Å². The van der Waals surface area contributed by atoms with Gasteiger partial charge in [-0.3, -0.25) is 4.79 Å². The van der Waals surface area contributed by atoms with Gasteiger partial charge in [0, 0.05) is 25.2 Å². The second-order valence-corrected chi connectivity index (χ2v) is 6.48. The molecule has 0 aromatic heterocycles. The van der Waals surface area contributed by atoms with Gasteiger partial charge < -0.3 is 15.3 Å². The number of aromatic carboxylic acids is 1. The Morgan fingerprint density at radius 2 is 1.83 bits per heavy atom. The van der Waals surface area contributed by atoms with Crippen LogP contribution in [-0.4, -0.2) is 48.1 Å². The van der Waals surface area contributed by atoms with Crippen LogP contribution in [0.3, 0.4) is 0 Å².